The van der Waals surface area contributed by atoms with Gasteiger partial charge in [0.15, 0.2) is 0 Å². The number of allylic oxidation sites excluding steroid dienone is 1. The highest BCUT2D eigenvalue weighted by atomic mass is 16.3. The third-order valence-corrected chi connectivity index (χ3v) is 4.09. The summed E-state index contributed by atoms with van der Waals surface area (Å²) in [5.74, 6) is -0.149. The van der Waals surface area contributed by atoms with Crippen LogP contribution in [0.25, 0.3) is 5.57 Å². The van der Waals surface area contributed by atoms with Crippen molar-refractivity contribution in [2.75, 3.05) is 0 Å². The number of phenolic OH excluding ortho intramolecular Hbond substituents is 3. The maximum absolute atomic E-state index is 10.3. The highest BCUT2D eigenvalue weighted by molar-refractivity contribution is 5.78. The average molecular weight is 318 g/mol. The van der Waals surface area contributed by atoms with E-state index in [9.17, 15) is 15.3 Å². The Morgan fingerprint density at radius 2 is 1.04 bits per heavy atom. The van der Waals surface area contributed by atoms with E-state index < -0.39 is 5.92 Å². The summed E-state index contributed by atoms with van der Waals surface area (Å²) in [5.41, 5.74) is 2.41. The molecule has 0 aliphatic rings. The van der Waals surface area contributed by atoms with Crippen LogP contribution in [0.5, 0.6) is 17.2 Å². The molecule has 0 saturated heterocycles. The van der Waals surface area contributed by atoms with Crippen LogP contribution in [0.3, 0.4) is 0 Å². The van der Waals surface area contributed by atoms with E-state index >= 15 is 0 Å². The molecule has 3 nitrogen and oxygen atoms in total. The SMILES string of the molecule is C=C(c1ccccc1O)C(c1ccccc1O)c1ccccc1O. The van der Waals surface area contributed by atoms with Crippen LogP contribution in [0.4, 0.5) is 0 Å². The molecule has 0 bridgehead atoms. The van der Waals surface area contributed by atoms with Crippen molar-refractivity contribution in [1.29, 1.82) is 0 Å². The number of phenols is 3. The maximum atomic E-state index is 10.3. The Balaban J connectivity index is 2.20. The monoisotopic (exact) mass is 318 g/mol. The van der Waals surface area contributed by atoms with Crippen molar-refractivity contribution in [1.82, 2.24) is 0 Å². The molecule has 0 heterocycles. The van der Waals surface area contributed by atoms with Gasteiger partial charge in [0, 0.05) is 22.6 Å². The Morgan fingerprint density at radius 1 is 0.625 bits per heavy atom. The summed E-state index contributed by atoms with van der Waals surface area (Å²) < 4.78 is 0. The van der Waals surface area contributed by atoms with Gasteiger partial charge in [0.1, 0.15) is 17.2 Å². The second-order valence-corrected chi connectivity index (χ2v) is 5.59. The second kappa shape index (κ2) is 6.50. The van der Waals surface area contributed by atoms with Crippen molar-refractivity contribution < 1.29 is 15.3 Å². The molecule has 0 spiro atoms. The van der Waals surface area contributed by atoms with Gasteiger partial charge in [-0.25, -0.2) is 0 Å². The lowest BCUT2D eigenvalue weighted by Gasteiger charge is -2.23. The summed E-state index contributed by atoms with van der Waals surface area (Å²) in [7, 11) is 0. The van der Waals surface area contributed by atoms with Crippen molar-refractivity contribution in [3.63, 3.8) is 0 Å². The first-order chi connectivity index (χ1) is 11.6. The van der Waals surface area contributed by atoms with Crippen LogP contribution in [0.1, 0.15) is 22.6 Å². The minimum absolute atomic E-state index is 0.110. The fourth-order valence-corrected chi connectivity index (χ4v) is 2.91. The van der Waals surface area contributed by atoms with Gasteiger partial charge in [-0.15, -0.1) is 0 Å². The quantitative estimate of drug-likeness (QED) is 0.656. The maximum Gasteiger partial charge on any atom is 0.123 e. The summed E-state index contributed by atoms with van der Waals surface area (Å²) in [6.07, 6.45) is 0. The van der Waals surface area contributed by atoms with E-state index in [0.29, 0.717) is 22.3 Å². The molecule has 0 aliphatic heterocycles. The lowest BCUT2D eigenvalue weighted by atomic mass is 9.81. The van der Waals surface area contributed by atoms with Crippen molar-refractivity contribution in [2.24, 2.45) is 0 Å². The number of aromatic hydroxyl groups is 3. The zero-order valence-corrected chi connectivity index (χ0v) is 13.1. The summed E-state index contributed by atoms with van der Waals surface area (Å²) >= 11 is 0. The van der Waals surface area contributed by atoms with E-state index in [-0.39, 0.29) is 17.2 Å². The Kier molecular flexibility index (Phi) is 4.25. The predicted molar refractivity (Wildman–Crippen MR) is 95.2 cm³/mol. The Morgan fingerprint density at radius 3 is 1.50 bits per heavy atom. The van der Waals surface area contributed by atoms with Crippen molar-refractivity contribution in [3.8, 4) is 17.2 Å². The standard InChI is InChI=1S/C21H18O3/c1-14(15-8-2-5-11-18(15)22)21(16-9-3-6-12-19(16)23)17-10-4-7-13-20(17)24/h2-13,21-24H,1H2. The van der Waals surface area contributed by atoms with Crippen LogP contribution in [0, 0.1) is 0 Å². The number of rotatable bonds is 4. The van der Waals surface area contributed by atoms with Gasteiger partial charge in [-0.1, -0.05) is 61.2 Å². The fourth-order valence-electron chi connectivity index (χ4n) is 2.91. The zero-order valence-electron chi connectivity index (χ0n) is 13.1. The van der Waals surface area contributed by atoms with Gasteiger partial charge in [-0.3, -0.25) is 0 Å². The number of hydrogen-bond acceptors (Lipinski definition) is 3. The number of benzene rings is 3. The van der Waals surface area contributed by atoms with Gasteiger partial charge in [0.25, 0.3) is 0 Å². The average Bonchev–Trinajstić information content (AvgIpc) is 2.58. The fraction of sp³-hybridized carbons (Fsp3) is 0.0476. The van der Waals surface area contributed by atoms with Crippen LogP contribution < -0.4 is 0 Å². The molecule has 24 heavy (non-hydrogen) atoms. The normalized spacial score (nSPS) is 10.7. The molecule has 3 N–H and O–H groups in total. The van der Waals surface area contributed by atoms with Crippen LogP contribution in [-0.2, 0) is 0 Å². The number of para-hydroxylation sites is 3. The number of hydrogen-bond donors (Lipinski definition) is 3. The van der Waals surface area contributed by atoms with Crippen LogP contribution >= 0.6 is 0 Å². The van der Waals surface area contributed by atoms with Crippen molar-refractivity contribution in [3.05, 3.63) is 96.1 Å². The van der Waals surface area contributed by atoms with Crippen molar-refractivity contribution in [2.45, 2.75) is 5.92 Å². The van der Waals surface area contributed by atoms with Crippen LogP contribution in [0.2, 0.25) is 0 Å². The van der Waals surface area contributed by atoms with E-state index in [4.69, 9.17) is 0 Å². The summed E-state index contributed by atoms with van der Waals surface area (Å²) in [5, 5.41) is 30.8. The van der Waals surface area contributed by atoms with Gasteiger partial charge in [-0.2, -0.15) is 0 Å². The largest absolute Gasteiger partial charge is 0.508 e. The van der Waals surface area contributed by atoms with Gasteiger partial charge < -0.3 is 15.3 Å². The first-order valence-corrected chi connectivity index (χ1v) is 7.62. The molecular formula is C21H18O3. The summed E-state index contributed by atoms with van der Waals surface area (Å²) in [6.45, 7) is 4.14. The van der Waals surface area contributed by atoms with Crippen LogP contribution in [-0.4, -0.2) is 15.3 Å². The minimum atomic E-state index is -0.485. The summed E-state index contributed by atoms with van der Waals surface area (Å²) in [4.78, 5) is 0. The summed E-state index contributed by atoms with van der Waals surface area (Å²) in [6, 6.07) is 20.8. The second-order valence-electron chi connectivity index (χ2n) is 5.59. The Bertz CT molecular complexity index is 838. The molecular weight excluding hydrogens is 300 g/mol. The predicted octanol–water partition coefficient (Wildman–Crippen LogP) is 4.65. The lowest BCUT2D eigenvalue weighted by molar-refractivity contribution is 0.459. The molecule has 0 aromatic heterocycles. The van der Waals surface area contributed by atoms with Gasteiger partial charge in [0.05, 0.1) is 0 Å². The van der Waals surface area contributed by atoms with Gasteiger partial charge in [0.2, 0.25) is 0 Å². The Labute approximate surface area is 140 Å². The first-order valence-electron chi connectivity index (χ1n) is 7.62. The van der Waals surface area contributed by atoms with E-state index in [0.717, 1.165) is 0 Å². The van der Waals surface area contributed by atoms with Gasteiger partial charge >= 0.3 is 0 Å². The molecule has 3 aromatic carbocycles. The molecule has 0 saturated carbocycles. The highest BCUT2D eigenvalue weighted by Gasteiger charge is 2.25. The smallest absolute Gasteiger partial charge is 0.123 e. The molecule has 0 unspecified atom stereocenters. The van der Waals surface area contributed by atoms with E-state index in [1.807, 2.05) is 18.2 Å². The molecule has 3 rings (SSSR count). The molecule has 120 valence electrons. The third-order valence-electron chi connectivity index (χ3n) is 4.09. The van der Waals surface area contributed by atoms with Crippen LogP contribution in [0.15, 0.2) is 79.4 Å². The molecule has 3 heteroatoms. The molecule has 0 aliphatic carbocycles. The lowest BCUT2D eigenvalue weighted by Crippen LogP contribution is -2.05. The molecule has 0 fully saturated rings. The van der Waals surface area contributed by atoms with Crippen molar-refractivity contribution >= 4 is 5.57 Å². The molecule has 0 atom stereocenters. The molecule has 3 aromatic rings. The van der Waals surface area contributed by atoms with Gasteiger partial charge in [-0.05, 0) is 23.8 Å². The van der Waals surface area contributed by atoms with E-state index in [1.165, 1.54) is 0 Å². The topological polar surface area (TPSA) is 60.7 Å². The first kappa shape index (κ1) is 15.7. The Hall–Kier alpha value is -3.20. The third kappa shape index (κ3) is 2.84. The zero-order chi connectivity index (χ0) is 17.1. The molecule has 0 radical (unpaired) electrons. The van der Waals surface area contributed by atoms with E-state index in [2.05, 4.69) is 6.58 Å². The highest BCUT2D eigenvalue weighted by Crippen LogP contribution is 2.44. The molecule has 0 amide bonds. The minimum Gasteiger partial charge on any atom is -0.508 e. The van der Waals surface area contributed by atoms with E-state index in [1.54, 1.807) is 54.6 Å².